The Morgan fingerprint density at radius 1 is 0.897 bits per heavy atom. The average molecular weight is 572 g/mol. The predicted octanol–water partition coefficient (Wildman–Crippen LogP) is 4.63. The van der Waals surface area contributed by atoms with Crippen molar-refractivity contribution in [3.63, 3.8) is 0 Å². The Hall–Kier alpha value is -3.56. The summed E-state index contributed by atoms with van der Waals surface area (Å²) in [7, 11) is -3.83. The van der Waals surface area contributed by atoms with E-state index < -0.39 is 28.5 Å². The lowest BCUT2D eigenvalue weighted by Crippen LogP contribution is -2.52. The van der Waals surface area contributed by atoms with Gasteiger partial charge in [-0.15, -0.1) is 0 Å². The van der Waals surface area contributed by atoms with E-state index in [4.69, 9.17) is 16.3 Å². The second-order valence-electron chi connectivity index (χ2n) is 9.53. The first-order valence-electron chi connectivity index (χ1n) is 12.5. The van der Waals surface area contributed by atoms with Gasteiger partial charge in [-0.3, -0.25) is 13.9 Å². The largest absolute Gasteiger partial charge is 0.489 e. The highest BCUT2D eigenvalue weighted by molar-refractivity contribution is 7.92. The Labute approximate surface area is 235 Å². The molecule has 8 nitrogen and oxygen atoms in total. The van der Waals surface area contributed by atoms with E-state index in [0.717, 1.165) is 21.7 Å². The van der Waals surface area contributed by atoms with Gasteiger partial charge in [-0.25, -0.2) is 8.42 Å². The van der Waals surface area contributed by atoms with Crippen LogP contribution in [-0.2, 0) is 32.8 Å². The molecule has 0 saturated heterocycles. The van der Waals surface area contributed by atoms with Gasteiger partial charge in [0.1, 0.15) is 24.9 Å². The average Bonchev–Trinajstić information content (AvgIpc) is 2.89. The zero-order valence-corrected chi connectivity index (χ0v) is 24.1. The number of hydrogen-bond acceptors (Lipinski definition) is 5. The number of hydrogen-bond donors (Lipinski definition) is 1. The van der Waals surface area contributed by atoms with Gasteiger partial charge in [0.2, 0.25) is 21.8 Å². The molecule has 3 aromatic carbocycles. The molecule has 0 heterocycles. The van der Waals surface area contributed by atoms with Crippen molar-refractivity contribution in [1.82, 2.24) is 10.2 Å². The second kappa shape index (κ2) is 13.5. The van der Waals surface area contributed by atoms with Crippen molar-refractivity contribution < 1.29 is 22.7 Å². The monoisotopic (exact) mass is 571 g/mol. The van der Waals surface area contributed by atoms with Crippen molar-refractivity contribution in [2.75, 3.05) is 17.1 Å². The van der Waals surface area contributed by atoms with Crippen LogP contribution in [0.2, 0.25) is 5.02 Å². The maximum atomic E-state index is 13.6. The molecule has 0 bridgehead atoms. The first kappa shape index (κ1) is 30.0. The molecule has 0 aliphatic heterocycles. The van der Waals surface area contributed by atoms with E-state index in [1.807, 2.05) is 44.2 Å². The molecule has 0 fully saturated rings. The van der Waals surface area contributed by atoms with Crippen molar-refractivity contribution >= 4 is 39.1 Å². The fourth-order valence-corrected chi connectivity index (χ4v) is 4.81. The number of sulfonamides is 1. The van der Waals surface area contributed by atoms with Crippen molar-refractivity contribution in [1.29, 1.82) is 0 Å². The Morgan fingerprint density at radius 3 is 2.08 bits per heavy atom. The molecule has 2 amide bonds. The molecule has 0 aliphatic rings. The third-order valence-electron chi connectivity index (χ3n) is 5.92. The molecular weight excluding hydrogens is 538 g/mol. The summed E-state index contributed by atoms with van der Waals surface area (Å²) in [6.45, 7) is 5.27. The smallest absolute Gasteiger partial charge is 0.244 e. The normalized spacial score (nSPS) is 12.1. The highest BCUT2D eigenvalue weighted by Gasteiger charge is 2.30. The zero-order valence-electron chi connectivity index (χ0n) is 22.5. The van der Waals surface area contributed by atoms with Gasteiger partial charge in [-0.05, 0) is 68.3 Å². The number of anilines is 1. The topological polar surface area (TPSA) is 96.0 Å². The highest BCUT2D eigenvalue weighted by atomic mass is 35.5. The van der Waals surface area contributed by atoms with Gasteiger partial charge in [-0.1, -0.05) is 54.1 Å². The number of carbonyl (C=O) groups is 2. The van der Waals surface area contributed by atoms with Crippen LogP contribution in [-0.4, -0.2) is 50.0 Å². The minimum Gasteiger partial charge on any atom is -0.489 e. The van der Waals surface area contributed by atoms with E-state index in [0.29, 0.717) is 23.1 Å². The minimum atomic E-state index is -3.83. The molecule has 39 heavy (non-hydrogen) atoms. The lowest BCUT2D eigenvalue weighted by molar-refractivity contribution is -0.139. The van der Waals surface area contributed by atoms with Gasteiger partial charge in [0.25, 0.3) is 0 Å². The maximum absolute atomic E-state index is 13.6. The summed E-state index contributed by atoms with van der Waals surface area (Å²) >= 11 is 6.00. The quantitative estimate of drug-likeness (QED) is 0.342. The summed E-state index contributed by atoms with van der Waals surface area (Å²) in [6.07, 6.45) is 1.04. The first-order valence-corrected chi connectivity index (χ1v) is 14.8. The molecule has 0 aliphatic carbocycles. The third-order valence-corrected chi connectivity index (χ3v) is 7.31. The lowest BCUT2D eigenvalue weighted by Gasteiger charge is -2.32. The fraction of sp³-hybridized carbons (Fsp3) is 0.310. The van der Waals surface area contributed by atoms with Gasteiger partial charge < -0.3 is 15.0 Å². The van der Waals surface area contributed by atoms with Crippen LogP contribution in [0.1, 0.15) is 31.9 Å². The Balaban J connectivity index is 1.81. The van der Waals surface area contributed by atoms with Crippen LogP contribution in [0, 0.1) is 0 Å². The molecular formula is C29H34ClN3O5S. The van der Waals surface area contributed by atoms with E-state index >= 15 is 0 Å². The maximum Gasteiger partial charge on any atom is 0.244 e. The van der Waals surface area contributed by atoms with E-state index in [-0.39, 0.29) is 18.5 Å². The predicted molar refractivity (Wildman–Crippen MR) is 154 cm³/mol. The van der Waals surface area contributed by atoms with Crippen LogP contribution in [0.15, 0.2) is 78.9 Å². The van der Waals surface area contributed by atoms with Crippen LogP contribution in [0.25, 0.3) is 0 Å². The zero-order chi connectivity index (χ0) is 28.6. The SMILES string of the molecule is CC(C)NC(=O)[C@H](C)N(Cc1ccc(Cl)cc1)C(=O)CN(c1ccc(OCc2ccccc2)cc1)S(C)(=O)=O. The van der Waals surface area contributed by atoms with Gasteiger partial charge in [0.15, 0.2) is 0 Å². The van der Waals surface area contributed by atoms with Crippen molar-refractivity contribution in [3.8, 4) is 5.75 Å². The van der Waals surface area contributed by atoms with E-state index in [9.17, 15) is 18.0 Å². The standard InChI is InChI=1S/C29H34ClN3O5S/c1-21(2)31-29(35)22(3)32(18-23-10-12-25(30)13-11-23)28(34)19-33(39(4,36)37)26-14-16-27(17-15-26)38-20-24-8-6-5-7-9-24/h5-17,21-22H,18-20H2,1-4H3,(H,31,35)/t22-/m0/s1. The summed E-state index contributed by atoms with van der Waals surface area (Å²) in [5.41, 5.74) is 2.06. The van der Waals surface area contributed by atoms with Crippen molar-refractivity contribution in [2.24, 2.45) is 0 Å². The number of carbonyl (C=O) groups excluding carboxylic acids is 2. The van der Waals surface area contributed by atoms with Gasteiger partial charge in [0.05, 0.1) is 11.9 Å². The molecule has 208 valence electrons. The molecule has 0 radical (unpaired) electrons. The van der Waals surface area contributed by atoms with Crippen LogP contribution in [0.5, 0.6) is 5.75 Å². The number of halogens is 1. The van der Waals surface area contributed by atoms with Gasteiger partial charge in [-0.2, -0.15) is 0 Å². The molecule has 1 N–H and O–H groups in total. The number of rotatable bonds is 12. The number of nitrogens with one attached hydrogen (secondary N) is 1. The third kappa shape index (κ3) is 9.01. The van der Waals surface area contributed by atoms with E-state index in [2.05, 4.69) is 5.32 Å². The van der Waals surface area contributed by atoms with E-state index in [1.165, 1.54) is 4.90 Å². The number of ether oxygens (including phenoxy) is 1. The van der Waals surface area contributed by atoms with Crippen LogP contribution in [0.3, 0.4) is 0 Å². The van der Waals surface area contributed by atoms with Crippen LogP contribution >= 0.6 is 11.6 Å². The molecule has 3 aromatic rings. The summed E-state index contributed by atoms with van der Waals surface area (Å²) in [5.74, 6) is -0.296. The van der Waals surface area contributed by atoms with Gasteiger partial charge in [0, 0.05) is 17.6 Å². The molecule has 1 atom stereocenters. The highest BCUT2D eigenvalue weighted by Crippen LogP contribution is 2.23. The Kier molecular flexibility index (Phi) is 10.4. The second-order valence-corrected chi connectivity index (χ2v) is 11.9. The Morgan fingerprint density at radius 2 is 1.51 bits per heavy atom. The van der Waals surface area contributed by atoms with Crippen LogP contribution in [0.4, 0.5) is 5.69 Å². The molecule has 0 unspecified atom stereocenters. The number of benzene rings is 3. The minimum absolute atomic E-state index is 0.104. The summed E-state index contributed by atoms with van der Waals surface area (Å²) in [4.78, 5) is 27.8. The molecule has 3 rings (SSSR count). The molecule has 0 spiro atoms. The molecule has 0 saturated carbocycles. The van der Waals surface area contributed by atoms with Gasteiger partial charge >= 0.3 is 0 Å². The van der Waals surface area contributed by atoms with Crippen LogP contribution < -0.4 is 14.4 Å². The molecule has 10 heteroatoms. The summed E-state index contributed by atoms with van der Waals surface area (Å²) < 4.78 is 32.3. The first-order chi connectivity index (χ1) is 18.4. The number of nitrogens with zero attached hydrogens (tertiary/aromatic N) is 2. The Bertz CT molecular complexity index is 1350. The fourth-order valence-electron chi connectivity index (χ4n) is 3.84. The molecule has 0 aromatic heterocycles. The van der Waals surface area contributed by atoms with Crippen molar-refractivity contribution in [3.05, 3.63) is 95.0 Å². The van der Waals surface area contributed by atoms with Crippen molar-refractivity contribution in [2.45, 2.75) is 46.0 Å². The summed E-state index contributed by atoms with van der Waals surface area (Å²) in [5, 5.41) is 3.36. The number of amides is 2. The lowest BCUT2D eigenvalue weighted by atomic mass is 10.1. The van der Waals surface area contributed by atoms with E-state index in [1.54, 1.807) is 55.5 Å². The summed E-state index contributed by atoms with van der Waals surface area (Å²) in [6, 6.07) is 22.1.